The summed E-state index contributed by atoms with van der Waals surface area (Å²) in [5, 5.41) is 18.0. The van der Waals surface area contributed by atoms with Gasteiger partial charge >= 0.3 is 0 Å². The highest BCUT2D eigenvalue weighted by Crippen LogP contribution is 2.24. The van der Waals surface area contributed by atoms with Gasteiger partial charge in [-0.25, -0.2) is 0 Å². The van der Waals surface area contributed by atoms with E-state index in [4.69, 9.17) is 21.7 Å². The van der Waals surface area contributed by atoms with Crippen LogP contribution in [0.25, 0.3) is 0 Å². The minimum Gasteiger partial charge on any atom is -0.504 e. The van der Waals surface area contributed by atoms with E-state index in [-0.39, 0.29) is 22.8 Å². The number of phenols is 2. The average Bonchev–Trinajstić information content (AvgIpc) is 2.71. The molecule has 3 aromatic rings. The molecule has 0 atom stereocenters. The molecule has 0 saturated carbocycles. The summed E-state index contributed by atoms with van der Waals surface area (Å²) >= 11 is 0. The van der Waals surface area contributed by atoms with E-state index < -0.39 is 5.91 Å². The van der Waals surface area contributed by atoms with E-state index in [0.29, 0.717) is 24.1 Å². The van der Waals surface area contributed by atoms with Gasteiger partial charge < -0.3 is 21.7 Å². The van der Waals surface area contributed by atoms with Crippen LogP contribution in [0.4, 0.5) is 0 Å². The lowest BCUT2D eigenvalue weighted by atomic mass is 9.98. The Balaban J connectivity index is 0.000000221. The Kier molecular flexibility index (Phi) is 7.30. The van der Waals surface area contributed by atoms with E-state index in [2.05, 4.69) is 0 Å². The lowest BCUT2D eigenvalue weighted by Gasteiger charge is -2.05. The third kappa shape index (κ3) is 5.43. The second-order valence-corrected chi connectivity index (χ2v) is 5.97. The lowest BCUT2D eigenvalue weighted by molar-refractivity contribution is 0.0981. The molecule has 0 heterocycles. The van der Waals surface area contributed by atoms with Crippen molar-refractivity contribution in [1.29, 1.82) is 0 Å². The fraction of sp³-hybridized carbons (Fsp3) is 0.0909. The number of aromatic hydroxyl groups is 2. The van der Waals surface area contributed by atoms with E-state index in [0.717, 1.165) is 5.56 Å². The SMILES string of the molecule is NC(=O)c1ccccc1C(=O)c1ccccc1.NCCc1ccc(O)c(O)c1. The molecule has 0 spiro atoms. The number of benzene rings is 3. The monoisotopic (exact) mass is 378 g/mol. The van der Waals surface area contributed by atoms with Gasteiger partial charge in [-0.3, -0.25) is 9.59 Å². The molecule has 6 heteroatoms. The first-order chi connectivity index (χ1) is 13.4. The Hall–Kier alpha value is -3.64. The first kappa shape index (κ1) is 20.7. The number of nitrogens with two attached hydrogens (primary N) is 2. The molecule has 6 N–H and O–H groups in total. The van der Waals surface area contributed by atoms with Crippen LogP contribution in [-0.2, 0) is 6.42 Å². The summed E-state index contributed by atoms with van der Waals surface area (Å²) in [6.07, 6.45) is 0.716. The highest BCUT2D eigenvalue weighted by atomic mass is 16.3. The summed E-state index contributed by atoms with van der Waals surface area (Å²) in [6.45, 7) is 0.546. The van der Waals surface area contributed by atoms with Crippen molar-refractivity contribution in [3.8, 4) is 11.5 Å². The Labute approximate surface area is 163 Å². The Morgan fingerprint density at radius 2 is 1.39 bits per heavy atom. The summed E-state index contributed by atoms with van der Waals surface area (Å²) < 4.78 is 0. The zero-order chi connectivity index (χ0) is 20.5. The second-order valence-electron chi connectivity index (χ2n) is 5.97. The van der Waals surface area contributed by atoms with Crippen molar-refractivity contribution < 1.29 is 19.8 Å². The zero-order valence-corrected chi connectivity index (χ0v) is 15.2. The fourth-order valence-corrected chi connectivity index (χ4v) is 2.53. The van der Waals surface area contributed by atoms with Gasteiger partial charge in [0.05, 0.1) is 5.56 Å². The van der Waals surface area contributed by atoms with Crippen molar-refractivity contribution in [3.63, 3.8) is 0 Å². The topological polar surface area (TPSA) is 127 Å². The number of rotatable bonds is 5. The van der Waals surface area contributed by atoms with Crippen molar-refractivity contribution in [2.75, 3.05) is 6.54 Å². The molecule has 0 unspecified atom stereocenters. The van der Waals surface area contributed by atoms with Crippen LogP contribution in [0.1, 0.15) is 31.8 Å². The van der Waals surface area contributed by atoms with E-state index in [1.54, 1.807) is 54.6 Å². The molecule has 0 aliphatic heterocycles. The standard InChI is InChI=1S/C14H11NO2.C8H11NO2/c15-14(17)12-9-5-4-8-11(12)13(16)10-6-2-1-3-7-10;9-4-3-6-1-2-7(10)8(11)5-6/h1-9H,(H2,15,17);1-2,5,10-11H,3-4,9H2. The average molecular weight is 378 g/mol. The quantitative estimate of drug-likeness (QED) is 0.401. The third-order valence-electron chi connectivity index (χ3n) is 3.95. The van der Waals surface area contributed by atoms with Crippen LogP contribution >= 0.6 is 0 Å². The zero-order valence-electron chi connectivity index (χ0n) is 15.2. The van der Waals surface area contributed by atoms with Crippen molar-refractivity contribution in [2.24, 2.45) is 11.5 Å². The van der Waals surface area contributed by atoms with Crippen molar-refractivity contribution in [1.82, 2.24) is 0 Å². The molecule has 0 aliphatic carbocycles. The molecule has 28 heavy (non-hydrogen) atoms. The predicted molar refractivity (Wildman–Crippen MR) is 107 cm³/mol. The number of ketones is 1. The molecule has 0 saturated heterocycles. The van der Waals surface area contributed by atoms with E-state index >= 15 is 0 Å². The normalized spacial score (nSPS) is 9.89. The number of amides is 1. The van der Waals surface area contributed by atoms with E-state index in [1.165, 1.54) is 12.1 Å². The van der Waals surface area contributed by atoms with Crippen LogP contribution in [0.2, 0.25) is 0 Å². The van der Waals surface area contributed by atoms with Crippen molar-refractivity contribution >= 4 is 11.7 Å². The predicted octanol–water partition coefficient (Wildman–Crippen LogP) is 2.62. The lowest BCUT2D eigenvalue weighted by Crippen LogP contribution is -2.16. The van der Waals surface area contributed by atoms with Gasteiger partial charge in [-0.1, -0.05) is 54.6 Å². The highest BCUT2D eigenvalue weighted by Gasteiger charge is 2.15. The maximum Gasteiger partial charge on any atom is 0.249 e. The number of hydrogen-bond donors (Lipinski definition) is 4. The molecular weight excluding hydrogens is 356 g/mol. The van der Waals surface area contributed by atoms with Gasteiger partial charge in [0.2, 0.25) is 5.91 Å². The molecular formula is C22H22N2O4. The number of primary amides is 1. The number of carbonyl (C=O) groups excluding carboxylic acids is 2. The van der Waals surface area contributed by atoms with Crippen LogP contribution in [0, 0.1) is 0 Å². The minimum atomic E-state index is -0.593. The molecule has 144 valence electrons. The van der Waals surface area contributed by atoms with Crippen LogP contribution < -0.4 is 11.5 Å². The van der Waals surface area contributed by atoms with Crippen LogP contribution in [0.15, 0.2) is 72.8 Å². The summed E-state index contributed by atoms with van der Waals surface area (Å²) in [4.78, 5) is 23.4. The highest BCUT2D eigenvalue weighted by molar-refractivity contribution is 6.15. The molecule has 3 aromatic carbocycles. The summed E-state index contributed by atoms with van der Waals surface area (Å²) in [6, 6.07) is 20.1. The Morgan fingerprint density at radius 1 is 0.786 bits per heavy atom. The first-order valence-corrected chi connectivity index (χ1v) is 8.63. The van der Waals surface area contributed by atoms with Gasteiger partial charge in [0.1, 0.15) is 0 Å². The second kappa shape index (κ2) is 9.89. The summed E-state index contributed by atoms with van der Waals surface area (Å²) in [7, 11) is 0. The minimum absolute atomic E-state index is 0.0871. The van der Waals surface area contributed by atoms with Crippen LogP contribution in [0.5, 0.6) is 11.5 Å². The third-order valence-corrected chi connectivity index (χ3v) is 3.95. The molecule has 0 bridgehead atoms. The summed E-state index contributed by atoms with van der Waals surface area (Å²) in [5.74, 6) is -0.966. The fourth-order valence-electron chi connectivity index (χ4n) is 2.53. The maximum absolute atomic E-state index is 12.2. The van der Waals surface area contributed by atoms with Gasteiger partial charge in [0.15, 0.2) is 17.3 Å². The van der Waals surface area contributed by atoms with E-state index in [9.17, 15) is 9.59 Å². The smallest absolute Gasteiger partial charge is 0.249 e. The number of phenolic OH excluding ortho intramolecular Hbond substituents is 2. The molecule has 1 amide bonds. The van der Waals surface area contributed by atoms with Gasteiger partial charge in [-0.05, 0) is 36.7 Å². The van der Waals surface area contributed by atoms with Gasteiger partial charge in [0, 0.05) is 11.1 Å². The molecule has 0 fully saturated rings. The number of hydrogen-bond acceptors (Lipinski definition) is 5. The largest absolute Gasteiger partial charge is 0.504 e. The first-order valence-electron chi connectivity index (χ1n) is 8.63. The molecule has 0 radical (unpaired) electrons. The van der Waals surface area contributed by atoms with Gasteiger partial charge in [-0.2, -0.15) is 0 Å². The van der Waals surface area contributed by atoms with Gasteiger partial charge in [0.25, 0.3) is 0 Å². The molecule has 3 rings (SSSR count). The van der Waals surface area contributed by atoms with Crippen molar-refractivity contribution in [3.05, 3.63) is 95.1 Å². The number of carbonyl (C=O) groups is 2. The Morgan fingerprint density at radius 3 is 1.96 bits per heavy atom. The Bertz CT molecular complexity index is 956. The van der Waals surface area contributed by atoms with Crippen LogP contribution in [0.3, 0.4) is 0 Å². The van der Waals surface area contributed by atoms with Crippen LogP contribution in [-0.4, -0.2) is 28.4 Å². The molecule has 0 aromatic heterocycles. The molecule has 0 aliphatic rings. The van der Waals surface area contributed by atoms with Crippen molar-refractivity contribution in [2.45, 2.75) is 6.42 Å². The maximum atomic E-state index is 12.2. The van der Waals surface area contributed by atoms with E-state index in [1.807, 2.05) is 6.07 Å². The molecule has 6 nitrogen and oxygen atoms in total. The summed E-state index contributed by atoms with van der Waals surface area (Å²) in [5.41, 5.74) is 12.6. The van der Waals surface area contributed by atoms with Gasteiger partial charge in [-0.15, -0.1) is 0 Å².